The number of esters is 1. The summed E-state index contributed by atoms with van der Waals surface area (Å²) in [6, 6.07) is -1.17. The van der Waals surface area contributed by atoms with Gasteiger partial charge in [0.2, 0.25) is 5.79 Å². The number of piperidine rings is 1. The predicted octanol–water partition coefficient (Wildman–Crippen LogP) is 3.65. The van der Waals surface area contributed by atoms with Gasteiger partial charge in [0.05, 0.1) is 30.5 Å². The Balaban J connectivity index is 1.79. The Morgan fingerprint density at radius 2 is 1.56 bits per heavy atom. The van der Waals surface area contributed by atoms with Crippen LogP contribution in [-0.2, 0) is 47.7 Å². The number of Topliss-reactive ketones (excluding diaryl/α,β-unsaturated/α-hetero) is 3. The average molecular weight is 806 g/mol. The first kappa shape index (κ1) is 46.8. The third-order valence-electron chi connectivity index (χ3n) is 13.0. The van der Waals surface area contributed by atoms with Gasteiger partial charge in [0, 0.05) is 58.0 Å². The van der Waals surface area contributed by atoms with Crippen LogP contribution >= 0.6 is 0 Å². The first-order valence-electron chi connectivity index (χ1n) is 20.8. The molecule has 0 aromatic carbocycles. The fourth-order valence-corrected chi connectivity index (χ4v) is 9.18. The summed E-state index contributed by atoms with van der Waals surface area (Å²) in [6.45, 7) is 10.3. The second-order valence-electron chi connectivity index (χ2n) is 16.9. The number of methoxy groups -OCH3 is 3. The number of amides is 1. The topological polar surface area (TPSA) is 195 Å². The van der Waals surface area contributed by atoms with Gasteiger partial charge in [-0.2, -0.15) is 0 Å². The van der Waals surface area contributed by atoms with Crippen LogP contribution in [0.3, 0.4) is 0 Å². The number of cyclic esters (lactones) is 1. The molecule has 3 fully saturated rings. The zero-order chi connectivity index (χ0) is 42.4. The SMILES string of the molecule is CCC1C=C(C)C(=O)C(C)CC(OC)C2OC(O)(C(=O)C(=O)N3CCCCC3C(=O)OC(C(C)=CC3CCC(O)C(OC)C3)C(C)C(O)CC1=O)C(C)CC2OC. The lowest BCUT2D eigenvalue weighted by molar-refractivity contribution is -0.302. The van der Waals surface area contributed by atoms with Crippen LogP contribution in [0.1, 0.15) is 106 Å². The van der Waals surface area contributed by atoms with E-state index in [9.17, 15) is 39.3 Å². The summed E-state index contributed by atoms with van der Waals surface area (Å²) in [5, 5.41) is 34.0. The smallest absolute Gasteiger partial charge is 0.329 e. The van der Waals surface area contributed by atoms with Crippen LogP contribution in [0.4, 0.5) is 0 Å². The summed E-state index contributed by atoms with van der Waals surface area (Å²) < 4.78 is 29.4. The van der Waals surface area contributed by atoms with E-state index in [1.807, 2.05) is 13.0 Å². The van der Waals surface area contributed by atoms with Crippen molar-refractivity contribution in [3.63, 3.8) is 0 Å². The zero-order valence-corrected chi connectivity index (χ0v) is 35.3. The Labute approximate surface area is 337 Å². The fraction of sp³-hybridized carbons (Fsp3) is 0.791. The fourth-order valence-electron chi connectivity index (χ4n) is 9.18. The van der Waals surface area contributed by atoms with E-state index < -0.39 is 89.8 Å². The van der Waals surface area contributed by atoms with E-state index in [-0.39, 0.29) is 55.8 Å². The summed E-state index contributed by atoms with van der Waals surface area (Å²) in [5.74, 6) is -9.23. The average Bonchev–Trinajstić information content (AvgIpc) is 3.20. The van der Waals surface area contributed by atoms with Gasteiger partial charge in [0.1, 0.15) is 24.0 Å². The second kappa shape index (κ2) is 20.4. The van der Waals surface area contributed by atoms with Crippen LogP contribution in [0.15, 0.2) is 23.3 Å². The van der Waals surface area contributed by atoms with Crippen molar-refractivity contribution in [3.05, 3.63) is 23.3 Å². The zero-order valence-electron chi connectivity index (χ0n) is 35.3. The molecule has 14 heteroatoms. The van der Waals surface area contributed by atoms with E-state index in [2.05, 4.69) is 0 Å². The molecule has 2 bridgehead atoms. The molecule has 0 spiro atoms. The van der Waals surface area contributed by atoms with Crippen LogP contribution < -0.4 is 0 Å². The van der Waals surface area contributed by atoms with E-state index in [1.165, 1.54) is 14.2 Å². The van der Waals surface area contributed by atoms with Gasteiger partial charge in [-0.1, -0.05) is 39.8 Å². The highest BCUT2D eigenvalue weighted by Gasteiger charge is 2.56. The highest BCUT2D eigenvalue weighted by Crippen LogP contribution is 2.39. The quantitative estimate of drug-likeness (QED) is 0.200. The number of allylic oxidation sites excluding steroid dienone is 3. The highest BCUT2D eigenvalue weighted by molar-refractivity contribution is 6.39. The van der Waals surface area contributed by atoms with Crippen LogP contribution in [0.2, 0.25) is 0 Å². The van der Waals surface area contributed by atoms with Crippen LogP contribution in [0.25, 0.3) is 0 Å². The minimum absolute atomic E-state index is 0.0338. The molecule has 14 unspecified atom stereocenters. The molecule has 4 rings (SSSR count). The van der Waals surface area contributed by atoms with Gasteiger partial charge in [-0.05, 0) is 88.7 Å². The summed E-state index contributed by atoms with van der Waals surface area (Å²) in [7, 11) is 4.44. The molecule has 4 aliphatic rings. The highest BCUT2D eigenvalue weighted by atomic mass is 16.7. The summed E-state index contributed by atoms with van der Waals surface area (Å²) in [6.07, 6.45) is 1.09. The van der Waals surface area contributed by atoms with Crippen molar-refractivity contribution < 1.29 is 63.0 Å². The third-order valence-corrected chi connectivity index (χ3v) is 13.0. The summed E-state index contributed by atoms with van der Waals surface area (Å²) in [4.78, 5) is 71.4. The van der Waals surface area contributed by atoms with E-state index in [0.29, 0.717) is 49.7 Å². The van der Waals surface area contributed by atoms with Gasteiger partial charge in [-0.3, -0.25) is 19.2 Å². The molecular weight excluding hydrogens is 738 g/mol. The molecule has 3 aliphatic heterocycles. The largest absolute Gasteiger partial charge is 0.456 e. The predicted molar refractivity (Wildman–Crippen MR) is 208 cm³/mol. The van der Waals surface area contributed by atoms with Crippen molar-refractivity contribution in [1.82, 2.24) is 4.90 Å². The van der Waals surface area contributed by atoms with Gasteiger partial charge < -0.3 is 43.9 Å². The van der Waals surface area contributed by atoms with Crippen molar-refractivity contribution in [3.8, 4) is 0 Å². The number of carbonyl (C=O) groups excluding carboxylic acids is 5. The number of ketones is 3. The van der Waals surface area contributed by atoms with E-state index >= 15 is 0 Å². The Kier molecular flexibility index (Phi) is 16.8. The monoisotopic (exact) mass is 805 g/mol. The third kappa shape index (κ3) is 10.7. The molecule has 1 saturated carbocycles. The molecule has 0 aromatic heterocycles. The van der Waals surface area contributed by atoms with Crippen molar-refractivity contribution in [2.75, 3.05) is 27.9 Å². The lowest BCUT2D eigenvalue weighted by atomic mass is 9.81. The number of carbonyl (C=O) groups is 5. The molecule has 57 heavy (non-hydrogen) atoms. The number of hydrogen-bond acceptors (Lipinski definition) is 13. The van der Waals surface area contributed by atoms with E-state index in [0.717, 1.165) is 4.90 Å². The minimum Gasteiger partial charge on any atom is -0.456 e. The first-order chi connectivity index (χ1) is 26.9. The lowest BCUT2D eigenvalue weighted by Gasteiger charge is -2.47. The van der Waals surface area contributed by atoms with Gasteiger partial charge in [-0.25, -0.2) is 4.79 Å². The summed E-state index contributed by atoms with van der Waals surface area (Å²) >= 11 is 0. The van der Waals surface area contributed by atoms with E-state index in [4.69, 9.17) is 23.7 Å². The van der Waals surface area contributed by atoms with Crippen molar-refractivity contribution in [2.45, 2.75) is 160 Å². The number of aliphatic hydroxyl groups excluding tert-OH is 2. The summed E-state index contributed by atoms with van der Waals surface area (Å²) in [5.41, 5.74) is 0.980. The van der Waals surface area contributed by atoms with Gasteiger partial charge in [0.25, 0.3) is 11.7 Å². The van der Waals surface area contributed by atoms with Gasteiger partial charge in [0.15, 0.2) is 5.78 Å². The Morgan fingerprint density at radius 1 is 0.912 bits per heavy atom. The molecule has 1 aliphatic carbocycles. The molecule has 2 saturated heterocycles. The first-order valence-corrected chi connectivity index (χ1v) is 20.8. The number of hydrogen-bond donors (Lipinski definition) is 3. The number of rotatable bonds is 6. The van der Waals surface area contributed by atoms with Gasteiger partial charge in [-0.15, -0.1) is 0 Å². The molecule has 322 valence electrons. The molecule has 3 heterocycles. The standard InChI is InChI=1S/C43H67NO13/c1-10-29-18-23(2)37(48)24(3)19-35(54-8)39-36(55-9)20-26(5)43(52,57-39)40(49)41(50)44-16-12-11-13-30(44)42(51)56-38(27(6)32(46)22-33(29)47)25(4)17-28-14-15-31(45)34(21-28)53-7/h17-18,24,26-32,34-36,38-39,45-46,52H,10-16,19-22H2,1-9H3. The second-order valence-corrected chi connectivity index (χ2v) is 16.9. The van der Waals surface area contributed by atoms with Crippen LogP contribution in [0, 0.1) is 29.6 Å². The Bertz CT molecular complexity index is 1510. The normalized spacial score (nSPS) is 40.2. The maximum atomic E-state index is 14.3. The number of nitrogens with zero attached hydrogens (tertiary/aromatic N) is 1. The minimum atomic E-state index is -2.59. The molecule has 14 atom stereocenters. The lowest BCUT2D eigenvalue weighted by Crippen LogP contribution is -2.64. The van der Waals surface area contributed by atoms with Gasteiger partial charge >= 0.3 is 5.97 Å². The molecule has 0 aromatic rings. The maximum absolute atomic E-state index is 14.3. The van der Waals surface area contributed by atoms with Crippen LogP contribution in [0.5, 0.6) is 0 Å². The number of ether oxygens (including phenoxy) is 5. The number of fused-ring (bicyclic) bond motifs is 3. The molecule has 14 nitrogen and oxygen atoms in total. The number of aliphatic hydroxyl groups is 3. The van der Waals surface area contributed by atoms with Crippen LogP contribution in [-0.4, -0.2) is 132 Å². The molecular formula is C43H67NO13. The van der Waals surface area contributed by atoms with Crippen molar-refractivity contribution in [2.24, 2.45) is 29.6 Å². The molecule has 0 radical (unpaired) electrons. The van der Waals surface area contributed by atoms with E-state index in [1.54, 1.807) is 47.8 Å². The molecule has 3 N–H and O–H groups in total. The Hall–Kier alpha value is -2.85. The Morgan fingerprint density at radius 3 is 2.19 bits per heavy atom. The molecule has 1 amide bonds. The maximum Gasteiger partial charge on any atom is 0.329 e. The van der Waals surface area contributed by atoms with Crippen molar-refractivity contribution in [1.29, 1.82) is 0 Å². The van der Waals surface area contributed by atoms with Crippen molar-refractivity contribution >= 4 is 29.2 Å².